The lowest BCUT2D eigenvalue weighted by Gasteiger charge is -2.29. The van der Waals surface area contributed by atoms with Crippen molar-refractivity contribution in [1.82, 2.24) is 15.1 Å². The highest BCUT2D eigenvalue weighted by molar-refractivity contribution is 7.99. The standard InChI is InChI=1S/C26H32N4O2S/c1-4-29(5-2)23-15-13-22(14-16-23)25-27-28-26(32-25)33-18-24(31)30(19(3)21-11-12-21)17-20-9-7-6-8-10-20/h6-10,13-16,19,21H,4-5,11-12,17-18H2,1-3H3/t19-/m0/s1. The summed E-state index contributed by atoms with van der Waals surface area (Å²) < 4.78 is 5.85. The van der Waals surface area contributed by atoms with Crippen molar-refractivity contribution in [3.63, 3.8) is 0 Å². The van der Waals surface area contributed by atoms with Crippen LogP contribution in [-0.2, 0) is 11.3 Å². The number of benzene rings is 2. The van der Waals surface area contributed by atoms with Crippen LogP contribution in [0.25, 0.3) is 11.5 Å². The molecule has 1 amide bonds. The molecule has 2 aromatic carbocycles. The Hall–Kier alpha value is -2.80. The second-order valence-electron chi connectivity index (χ2n) is 8.47. The van der Waals surface area contributed by atoms with E-state index in [0.29, 0.717) is 23.6 Å². The van der Waals surface area contributed by atoms with Gasteiger partial charge >= 0.3 is 0 Å². The Morgan fingerprint density at radius 2 is 1.76 bits per heavy atom. The zero-order chi connectivity index (χ0) is 23.2. The highest BCUT2D eigenvalue weighted by Crippen LogP contribution is 2.36. The number of carbonyl (C=O) groups excluding carboxylic acids is 1. The predicted octanol–water partition coefficient (Wildman–Crippen LogP) is 5.50. The Bertz CT molecular complexity index is 1030. The third-order valence-electron chi connectivity index (χ3n) is 6.28. The van der Waals surface area contributed by atoms with Crippen molar-refractivity contribution < 1.29 is 9.21 Å². The van der Waals surface area contributed by atoms with E-state index in [0.717, 1.165) is 24.2 Å². The molecule has 7 heteroatoms. The summed E-state index contributed by atoms with van der Waals surface area (Å²) in [6.07, 6.45) is 2.40. The van der Waals surface area contributed by atoms with Crippen LogP contribution in [0.15, 0.2) is 64.2 Å². The van der Waals surface area contributed by atoms with E-state index >= 15 is 0 Å². The highest BCUT2D eigenvalue weighted by atomic mass is 32.2. The second-order valence-corrected chi connectivity index (χ2v) is 9.39. The molecule has 3 aromatic rings. The van der Waals surface area contributed by atoms with Crippen LogP contribution in [-0.4, -0.2) is 45.9 Å². The van der Waals surface area contributed by atoms with E-state index in [9.17, 15) is 4.79 Å². The van der Waals surface area contributed by atoms with E-state index in [1.54, 1.807) is 0 Å². The third kappa shape index (κ3) is 5.96. The summed E-state index contributed by atoms with van der Waals surface area (Å²) in [5.41, 5.74) is 3.20. The van der Waals surface area contributed by atoms with E-state index in [1.165, 1.54) is 30.3 Å². The summed E-state index contributed by atoms with van der Waals surface area (Å²) in [7, 11) is 0. The fourth-order valence-corrected chi connectivity index (χ4v) is 4.72. The van der Waals surface area contributed by atoms with Gasteiger partial charge in [0.1, 0.15) is 0 Å². The number of hydrogen-bond donors (Lipinski definition) is 0. The molecule has 1 aromatic heterocycles. The number of hydrogen-bond acceptors (Lipinski definition) is 6. The molecule has 6 nitrogen and oxygen atoms in total. The molecular weight excluding hydrogens is 432 g/mol. The Kier molecular flexibility index (Phi) is 7.70. The molecule has 33 heavy (non-hydrogen) atoms. The minimum Gasteiger partial charge on any atom is -0.411 e. The Labute approximate surface area is 200 Å². The van der Waals surface area contributed by atoms with Crippen molar-refractivity contribution in [2.24, 2.45) is 5.92 Å². The van der Waals surface area contributed by atoms with E-state index in [2.05, 4.69) is 60.1 Å². The molecule has 0 saturated heterocycles. The first-order valence-corrected chi connectivity index (χ1v) is 12.7. The van der Waals surface area contributed by atoms with Crippen LogP contribution in [0.3, 0.4) is 0 Å². The monoisotopic (exact) mass is 464 g/mol. The molecule has 4 rings (SSSR count). The van der Waals surface area contributed by atoms with Crippen molar-refractivity contribution in [3.8, 4) is 11.5 Å². The van der Waals surface area contributed by atoms with Crippen LogP contribution in [0.4, 0.5) is 5.69 Å². The van der Waals surface area contributed by atoms with Crippen LogP contribution < -0.4 is 4.90 Å². The van der Waals surface area contributed by atoms with Gasteiger partial charge in [0.05, 0.1) is 5.75 Å². The maximum Gasteiger partial charge on any atom is 0.277 e. The third-order valence-corrected chi connectivity index (χ3v) is 7.08. The number of aromatic nitrogens is 2. The van der Waals surface area contributed by atoms with Gasteiger partial charge in [0, 0.05) is 36.9 Å². The fraction of sp³-hybridized carbons (Fsp3) is 0.423. The van der Waals surface area contributed by atoms with E-state index < -0.39 is 0 Å². The van der Waals surface area contributed by atoms with E-state index in [-0.39, 0.29) is 17.7 Å². The van der Waals surface area contributed by atoms with Gasteiger partial charge in [-0.15, -0.1) is 10.2 Å². The van der Waals surface area contributed by atoms with Gasteiger partial charge in [-0.25, -0.2) is 0 Å². The Morgan fingerprint density at radius 3 is 2.39 bits per heavy atom. The van der Waals surface area contributed by atoms with Gasteiger partial charge in [-0.05, 0) is 69.4 Å². The summed E-state index contributed by atoms with van der Waals surface area (Å²) >= 11 is 1.31. The lowest BCUT2D eigenvalue weighted by Crippen LogP contribution is -2.40. The van der Waals surface area contributed by atoms with Gasteiger partial charge in [-0.2, -0.15) is 0 Å². The van der Waals surface area contributed by atoms with Gasteiger partial charge in [0.25, 0.3) is 5.22 Å². The maximum atomic E-state index is 13.1. The molecule has 1 saturated carbocycles. The quantitative estimate of drug-likeness (QED) is 0.349. The van der Waals surface area contributed by atoms with Crippen LogP contribution in [0, 0.1) is 5.92 Å². The molecule has 1 aliphatic carbocycles. The Morgan fingerprint density at radius 1 is 1.06 bits per heavy atom. The van der Waals surface area contributed by atoms with E-state index in [4.69, 9.17) is 4.42 Å². The van der Waals surface area contributed by atoms with Crippen LogP contribution in [0.5, 0.6) is 0 Å². The van der Waals surface area contributed by atoms with Crippen molar-refractivity contribution in [1.29, 1.82) is 0 Å². The molecule has 1 fully saturated rings. The number of rotatable bonds is 11. The SMILES string of the molecule is CCN(CC)c1ccc(-c2nnc(SCC(=O)N(Cc3ccccc3)[C@@H](C)C3CC3)o2)cc1. The molecule has 1 aliphatic rings. The summed E-state index contributed by atoms with van der Waals surface area (Å²) in [5.74, 6) is 1.47. The summed E-state index contributed by atoms with van der Waals surface area (Å²) in [4.78, 5) is 17.4. The first kappa shape index (κ1) is 23.4. The fourth-order valence-electron chi connectivity index (χ4n) is 4.07. The van der Waals surface area contributed by atoms with Gasteiger partial charge in [0.15, 0.2) is 0 Å². The number of thioether (sulfide) groups is 1. The minimum absolute atomic E-state index is 0.103. The molecule has 1 atom stereocenters. The molecular formula is C26H32N4O2S. The molecule has 0 aliphatic heterocycles. The van der Waals surface area contributed by atoms with Crippen molar-refractivity contribution in [2.75, 3.05) is 23.7 Å². The molecule has 0 radical (unpaired) electrons. The lowest BCUT2D eigenvalue weighted by atomic mass is 10.1. The van der Waals surface area contributed by atoms with Gasteiger partial charge in [0.2, 0.25) is 11.8 Å². The van der Waals surface area contributed by atoms with Crippen LogP contribution >= 0.6 is 11.8 Å². The smallest absolute Gasteiger partial charge is 0.277 e. The summed E-state index contributed by atoms with van der Waals surface area (Å²) in [5, 5.41) is 8.77. The molecule has 0 spiro atoms. The predicted molar refractivity (Wildman–Crippen MR) is 133 cm³/mol. The molecule has 0 N–H and O–H groups in total. The highest BCUT2D eigenvalue weighted by Gasteiger charge is 2.34. The van der Waals surface area contributed by atoms with Gasteiger partial charge < -0.3 is 14.2 Å². The second kappa shape index (κ2) is 10.9. The number of anilines is 1. The minimum atomic E-state index is 0.103. The zero-order valence-corrected chi connectivity index (χ0v) is 20.4. The van der Waals surface area contributed by atoms with Crippen LogP contribution in [0.1, 0.15) is 39.2 Å². The van der Waals surface area contributed by atoms with E-state index in [1.807, 2.05) is 35.2 Å². The molecule has 174 valence electrons. The first-order valence-electron chi connectivity index (χ1n) is 11.7. The Balaban J connectivity index is 1.38. The number of carbonyl (C=O) groups is 1. The average Bonchev–Trinajstić information content (AvgIpc) is 3.60. The van der Waals surface area contributed by atoms with Gasteiger partial charge in [-0.3, -0.25) is 4.79 Å². The topological polar surface area (TPSA) is 62.5 Å². The number of nitrogens with zero attached hydrogens (tertiary/aromatic N) is 4. The molecule has 1 heterocycles. The first-order chi connectivity index (χ1) is 16.1. The maximum absolute atomic E-state index is 13.1. The summed E-state index contributed by atoms with van der Waals surface area (Å²) in [6.45, 7) is 9.01. The average molecular weight is 465 g/mol. The normalized spacial score (nSPS) is 14.2. The van der Waals surface area contributed by atoms with Gasteiger partial charge in [-0.1, -0.05) is 42.1 Å². The van der Waals surface area contributed by atoms with Crippen molar-refractivity contribution in [3.05, 3.63) is 60.2 Å². The molecule has 0 bridgehead atoms. The van der Waals surface area contributed by atoms with Crippen LogP contribution in [0.2, 0.25) is 0 Å². The summed E-state index contributed by atoms with van der Waals surface area (Å²) in [6, 6.07) is 18.6. The lowest BCUT2D eigenvalue weighted by molar-refractivity contribution is -0.131. The molecule has 0 unspecified atom stereocenters. The van der Waals surface area contributed by atoms with Crippen molar-refractivity contribution >= 4 is 23.4 Å². The largest absolute Gasteiger partial charge is 0.411 e. The zero-order valence-electron chi connectivity index (χ0n) is 19.6. The number of amides is 1. The van der Waals surface area contributed by atoms with Crippen molar-refractivity contribution in [2.45, 2.75) is 51.4 Å².